The number of anilines is 1. The van der Waals surface area contributed by atoms with Gasteiger partial charge in [-0.05, 0) is 12.8 Å². The first-order valence-corrected chi connectivity index (χ1v) is 5.05. The van der Waals surface area contributed by atoms with Gasteiger partial charge in [-0.2, -0.15) is 0 Å². The number of methoxy groups -OCH3 is 1. The van der Waals surface area contributed by atoms with E-state index in [2.05, 4.69) is 15.3 Å². The van der Waals surface area contributed by atoms with Crippen molar-refractivity contribution in [1.82, 2.24) is 9.97 Å². The molecule has 1 unspecified atom stereocenters. The van der Waals surface area contributed by atoms with Gasteiger partial charge in [0.05, 0.1) is 12.2 Å². The molecule has 0 saturated carbocycles. The van der Waals surface area contributed by atoms with Crippen LogP contribution < -0.4 is 11.1 Å². The van der Waals surface area contributed by atoms with Crippen LogP contribution in [0.3, 0.4) is 0 Å². The average molecular weight is 224 g/mol. The molecule has 0 spiro atoms. The minimum Gasteiger partial charge on any atom is -0.385 e. The van der Waals surface area contributed by atoms with Crippen LogP contribution in [0.25, 0.3) is 0 Å². The first-order valence-electron chi connectivity index (χ1n) is 5.05. The fourth-order valence-electron chi connectivity index (χ4n) is 1.16. The number of nitrogens with two attached hydrogens (primary N) is 1. The quantitative estimate of drug-likeness (QED) is 0.672. The SMILES string of the molecule is COCCCC(N)C(=O)Nc1cnccn1. The number of amides is 1. The third-order valence-corrected chi connectivity index (χ3v) is 2.01. The van der Waals surface area contributed by atoms with Crippen molar-refractivity contribution in [3.05, 3.63) is 18.6 Å². The van der Waals surface area contributed by atoms with Gasteiger partial charge in [-0.15, -0.1) is 0 Å². The Bertz CT molecular complexity index is 318. The van der Waals surface area contributed by atoms with Gasteiger partial charge in [-0.25, -0.2) is 4.98 Å². The maximum Gasteiger partial charge on any atom is 0.242 e. The van der Waals surface area contributed by atoms with Crippen LogP contribution in [-0.4, -0.2) is 35.6 Å². The lowest BCUT2D eigenvalue weighted by molar-refractivity contribution is -0.117. The number of rotatable bonds is 6. The molecular formula is C10H16N4O2. The van der Waals surface area contributed by atoms with Gasteiger partial charge in [0.15, 0.2) is 5.82 Å². The van der Waals surface area contributed by atoms with Crippen molar-refractivity contribution in [2.24, 2.45) is 5.73 Å². The van der Waals surface area contributed by atoms with Crippen LogP contribution in [0.2, 0.25) is 0 Å². The van der Waals surface area contributed by atoms with Crippen molar-refractivity contribution in [2.45, 2.75) is 18.9 Å². The minimum atomic E-state index is -0.544. The average Bonchev–Trinajstić information content (AvgIpc) is 2.30. The molecule has 6 heteroatoms. The smallest absolute Gasteiger partial charge is 0.242 e. The largest absolute Gasteiger partial charge is 0.385 e. The summed E-state index contributed by atoms with van der Waals surface area (Å²) < 4.78 is 4.88. The van der Waals surface area contributed by atoms with Crippen molar-refractivity contribution in [3.8, 4) is 0 Å². The number of nitrogens with zero attached hydrogens (tertiary/aromatic N) is 2. The summed E-state index contributed by atoms with van der Waals surface area (Å²) in [5.74, 6) is 0.159. The maximum atomic E-state index is 11.6. The molecule has 1 atom stereocenters. The zero-order chi connectivity index (χ0) is 11.8. The van der Waals surface area contributed by atoms with Crippen LogP contribution in [0.4, 0.5) is 5.82 Å². The Morgan fingerprint density at radius 2 is 2.44 bits per heavy atom. The van der Waals surface area contributed by atoms with Gasteiger partial charge < -0.3 is 15.8 Å². The third-order valence-electron chi connectivity index (χ3n) is 2.01. The monoisotopic (exact) mass is 224 g/mol. The molecule has 1 rings (SSSR count). The van der Waals surface area contributed by atoms with Crippen LogP contribution in [0.15, 0.2) is 18.6 Å². The molecule has 3 N–H and O–H groups in total. The highest BCUT2D eigenvalue weighted by Crippen LogP contribution is 2.01. The molecule has 0 aliphatic heterocycles. The number of nitrogens with one attached hydrogen (secondary N) is 1. The predicted octanol–water partition coefficient (Wildman–Crippen LogP) is 0.169. The summed E-state index contributed by atoms with van der Waals surface area (Å²) in [7, 11) is 1.62. The molecule has 6 nitrogen and oxygen atoms in total. The van der Waals surface area contributed by atoms with Crippen molar-refractivity contribution in [2.75, 3.05) is 19.0 Å². The van der Waals surface area contributed by atoms with Crippen molar-refractivity contribution in [1.29, 1.82) is 0 Å². The first-order chi connectivity index (χ1) is 7.74. The second-order valence-electron chi connectivity index (χ2n) is 3.32. The molecule has 1 aromatic rings. The van der Waals surface area contributed by atoms with Crippen LogP contribution in [0.1, 0.15) is 12.8 Å². The molecule has 0 radical (unpaired) electrons. The Morgan fingerprint density at radius 3 is 3.06 bits per heavy atom. The highest BCUT2D eigenvalue weighted by atomic mass is 16.5. The Labute approximate surface area is 94.2 Å². The molecule has 16 heavy (non-hydrogen) atoms. The zero-order valence-electron chi connectivity index (χ0n) is 9.22. The molecule has 88 valence electrons. The fraction of sp³-hybridized carbons (Fsp3) is 0.500. The molecule has 1 amide bonds. The Hall–Kier alpha value is -1.53. The summed E-state index contributed by atoms with van der Waals surface area (Å²) in [6.45, 7) is 0.603. The summed E-state index contributed by atoms with van der Waals surface area (Å²) in [6.07, 6.45) is 5.85. The lowest BCUT2D eigenvalue weighted by atomic mass is 10.1. The van der Waals surface area contributed by atoms with Crippen LogP contribution in [0, 0.1) is 0 Å². The van der Waals surface area contributed by atoms with Gasteiger partial charge in [0, 0.05) is 26.1 Å². The van der Waals surface area contributed by atoms with Gasteiger partial charge in [0.25, 0.3) is 0 Å². The highest BCUT2D eigenvalue weighted by molar-refractivity contribution is 5.93. The lowest BCUT2D eigenvalue weighted by Crippen LogP contribution is -2.36. The maximum absolute atomic E-state index is 11.6. The van der Waals surface area contributed by atoms with Crippen LogP contribution in [-0.2, 0) is 9.53 Å². The molecule has 0 aromatic carbocycles. The number of hydrogen-bond donors (Lipinski definition) is 2. The molecular weight excluding hydrogens is 208 g/mol. The van der Waals surface area contributed by atoms with E-state index in [0.29, 0.717) is 18.8 Å². The van der Waals surface area contributed by atoms with Gasteiger partial charge >= 0.3 is 0 Å². The molecule has 0 aliphatic rings. The number of hydrogen-bond acceptors (Lipinski definition) is 5. The Balaban J connectivity index is 2.34. The molecule has 0 fully saturated rings. The van der Waals surface area contributed by atoms with E-state index in [0.717, 1.165) is 6.42 Å². The standard InChI is InChI=1S/C10H16N4O2/c1-16-6-2-3-8(11)10(15)14-9-7-12-4-5-13-9/h4-5,7-8H,2-3,6,11H2,1H3,(H,13,14,15). The predicted molar refractivity (Wildman–Crippen MR) is 59.7 cm³/mol. The number of carbonyl (C=O) groups is 1. The van der Waals surface area contributed by atoms with Gasteiger partial charge in [0.2, 0.25) is 5.91 Å². The summed E-state index contributed by atoms with van der Waals surface area (Å²) in [5, 5.41) is 2.59. The summed E-state index contributed by atoms with van der Waals surface area (Å²) in [4.78, 5) is 19.3. The minimum absolute atomic E-state index is 0.253. The van der Waals surface area contributed by atoms with Crippen molar-refractivity contribution < 1.29 is 9.53 Å². The number of ether oxygens (including phenoxy) is 1. The highest BCUT2D eigenvalue weighted by Gasteiger charge is 2.13. The molecule has 0 bridgehead atoms. The normalized spacial score (nSPS) is 12.1. The second-order valence-corrected chi connectivity index (χ2v) is 3.32. The van der Waals surface area contributed by atoms with Gasteiger partial charge in [-0.1, -0.05) is 0 Å². The van der Waals surface area contributed by atoms with E-state index in [9.17, 15) is 4.79 Å². The van der Waals surface area contributed by atoms with E-state index in [1.165, 1.54) is 18.6 Å². The topological polar surface area (TPSA) is 90.1 Å². The summed E-state index contributed by atoms with van der Waals surface area (Å²) in [5.41, 5.74) is 5.69. The van der Waals surface area contributed by atoms with E-state index >= 15 is 0 Å². The number of aromatic nitrogens is 2. The van der Waals surface area contributed by atoms with Gasteiger partial charge in [-0.3, -0.25) is 9.78 Å². The van der Waals surface area contributed by atoms with Crippen LogP contribution >= 0.6 is 0 Å². The molecule has 1 heterocycles. The van der Waals surface area contributed by atoms with E-state index in [1.807, 2.05) is 0 Å². The molecule has 1 aromatic heterocycles. The summed E-state index contributed by atoms with van der Waals surface area (Å²) in [6, 6.07) is -0.544. The second kappa shape index (κ2) is 6.86. The van der Waals surface area contributed by atoms with Gasteiger partial charge in [0.1, 0.15) is 0 Å². The number of carbonyl (C=O) groups excluding carboxylic acids is 1. The summed E-state index contributed by atoms with van der Waals surface area (Å²) >= 11 is 0. The van der Waals surface area contributed by atoms with Crippen LogP contribution in [0.5, 0.6) is 0 Å². The third kappa shape index (κ3) is 4.33. The Kier molecular flexibility index (Phi) is 5.38. The zero-order valence-corrected chi connectivity index (χ0v) is 9.22. The van der Waals surface area contributed by atoms with E-state index in [1.54, 1.807) is 7.11 Å². The molecule has 0 saturated heterocycles. The van der Waals surface area contributed by atoms with Crippen molar-refractivity contribution >= 4 is 11.7 Å². The molecule has 0 aliphatic carbocycles. The van der Waals surface area contributed by atoms with E-state index in [4.69, 9.17) is 10.5 Å². The Morgan fingerprint density at radius 1 is 1.62 bits per heavy atom. The first kappa shape index (κ1) is 12.5. The van der Waals surface area contributed by atoms with E-state index < -0.39 is 6.04 Å². The van der Waals surface area contributed by atoms with Crippen molar-refractivity contribution in [3.63, 3.8) is 0 Å². The fourth-order valence-corrected chi connectivity index (χ4v) is 1.16. The lowest BCUT2D eigenvalue weighted by Gasteiger charge is -2.10. The van der Waals surface area contributed by atoms with E-state index in [-0.39, 0.29) is 5.91 Å².